The first-order valence-electron chi connectivity index (χ1n) is 12.5. The molecule has 3 aromatic rings. The maximum Gasteiger partial charge on any atom is 0.416 e. The summed E-state index contributed by atoms with van der Waals surface area (Å²) < 4.78 is 39.4. The van der Waals surface area contributed by atoms with Crippen LogP contribution in [0.1, 0.15) is 84.6 Å². The molecule has 0 atom stereocenters. The topological polar surface area (TPSA) is 88.1 Å². The molecular weight excluding hydrogens is 519 g/mol. The highest BCUT2D eigenvalue weighted by Gasteiger charge is 2.34. The maximum absolute atomic E-state index is 13.1. The maximum atomic E-state index is 13.1. The van der Waals surface area contributed by atoms with Crippen molar-refractivity contribution in [1.29, 1.82) is 0 Å². The Hall–Kier alpha value is -3.75. The SMILES string of the molecule is C.CC(C)(C)CC(C)(C)c1cc(N=Nc2ccc(C(F)(F)F)cc2[N+](=O)[O-])c(O)c(C(C)(C)c2ccccc2)c1. The Kier molecular flexibility index (Phi) is 9.24. The molecule has 0 radical (unpaired) electrons. The van der Waals surface area contributed by atoms with E-state index in [4.69, 9.17) is 0 Å². The van der Waals surface area contributed by atoms with Crippen molar-refractivity contribution in [3.63, 3.8) is 0 Å². The molecule has 0 aromatic heterocycles. The molecular formula is C31H38F3N3O3. The van der Waals surface area contributed by atoms with Crippen LogP contribution < -0.4 is 0 Å². The number of phenolic OH excluding ortho intramolecular Hbond substituents is 1. The second-order valence-corrected chi connectivity index (χ2v) is 12.2. The fourth-order valence-corrected chi connectivity index (χ4v) is 5.04. The first-order chi connectivity index (χ1) is 17.8. The lowest BCUT2D eigenvalue weighted by molar-refractivity contribution is -0.384. The Bertz CT molecular complexity index is 1390. The molecule has 40 heavy (non-hydrogen) atoms. The van der Waals surface area contributed by atoms with E-state index in [-0.39, 0.29) is 35.4 Å². The van der Waals surface area contributed by atoms with Gasteiger partial charge in [-0.1, -0.05) is 92.3 Å². The van der Waals surface area contributed by atoms with Gasteiger partial charge in [0.2, 0.25) is 0 Å². The van der Waals surface area contributed by atoms with Gasteiger partial charge in [0, 0.05) is 17.0 Å². The van der Waals surface area contributed by atoms with Gasteiger partial charge in [0.1, 0.15) is 11.4 Å². The lowest BCUT2D eigenvalue weighted by atomic mass is 9.70. The molecule has 0 aliphatic carbocycles. The number of nitro benzene ring substituents is 1. The second-order valence-electron chi connectivity index (χ2n) is 12.2. The first-order valence-corrected chi connectivity index (χ1v) is 12.5. The van der Waals surface area contributed by atoms with Gasteiger partial charge in [-0.25, -0.2) is 0 Å². The molecule has 216 valence electrons. The molecule has 0 heterocycles. The summed E-state index contributed by atoms with van der Waals surface area (Å²) in [6.45, 7) is 14.5. The van der Waals surface area contributed by atoms with Crippen molar-refractivity contribution in [1.82, 2.24) is 0 Å². The summed E-state index contributed by atoms with van der Waals surface area (Å²) in [5.74, 6) is -0.155. The molecule has 0 saturated heterocycles. The van der Waals surface area contributed by atoms with Crippen molar-refractivity contribution in [3.8, 4) is 5.75 Å². The number of hydrogen-bond acceptors (Lipinski definition) is 5. The summed E-state index contributed by atoms with van der Waals surface area (Å²) >= 11 is 0. The molecule has 0 aliphatic rings. The largest absolute Gasteiger partial charge is 0.505 e. The monoisotopic (exact) mass is 557 g/mol. The van der Waals surface area contributed by atoms with Gasteiger partial charge in [-0.3, -0.25) is 10.1 Å². The zero-order valence-electron chi connectivity index (χ0n) is 23.2. The lowest BCUT2D eigenvalue weighted by Crippen LogP contribution is -2.26. The van der Waals surface area contributed by atoms with Crippen molar-refractivity contribution in [3.05, 3.63) is 93.0 Å². The van der Waals surface area contributed by atoms with Gasteiger partial charge in [-0.2, -0.15) is 13.2 Å². The minimum Gasteiger partial charge on any atom is -0.505 e. The van der Waals surface area contributed by atoms with E-state index in [2.05, 4.69) is 44.8 Å². The molecule has 0 fully saturated rings. The van der Waals surface area contributed by atoms with Gasteiger partial charge < -0.3 is 5.11 Å². The van der Waals surface area contributed by atoms with Gasteiger partial charge in [-0.05, 0) is 46.6 Å². The molecule has 6 nitrogen and oxygen atoms in total. The van der Waals surface area contributed by atoms with E-state index in [9.17, 15) is 28.4 Å². The fraction of sp³-hybridized carbons (Fsp3) is 0.419. The predicted molar refractivity (Wildman–Crippen MR) is 153 cm³/mol. The van der Waals surface area contributed by atoms with E-state index < -0.39 is 27.8 Å². The van der Waals surface area contributed by atoms with Crippen molar-refractivity contribution in [2.45, 2.75) is 79.3 Å². The van der Waals surface area contributed by atoms with Crippen LogP contribution in [0.15, 0.2) is 70.9 Å². The van der Waals surface area contributed by atoms with Crippen molar-refractivity contribution >= 4 is 17.1 Å². The van der Waals surface area contributed by atoms with Crippen LogP contribution in [0.4, 0.5) is 30.2 Å². The summed E-state index contributed by atoms with van der Waals surface area (Å²) in [6, 6.07) is 15.3. The lowest BCUT2D eigenvalue weighted by Gasteiger charge is -2.35. The smallest absolute Gasteiger partial charge is 0.416 e. The Morgan fingerprint density at radius 1 is 0.800 bits per heavy atom. The van der Waals surface area contributed by atoms with Crippen LogP contribution >= 0.6 is 0 Å². The van der Waals surface area contributed by atoms with Gasteiger partial charge >= 0.3 is 6.18 Å². The first kappa shape index (κ1) is 32.5. The van der Waals surface area contributed by atoms with Crippen LogP contribution in [0, 0.1) is 15.5 Å². The second kappa shape index (κ2) is 11.4. The third-order valence-electron chi connectivity index (χ3n) is 6.78. The number of rotatable bonds is 7. The van der Waals surface area contributed by atoms with Gasteiger partial charge in [0.25, 0.3) is 5.69 Å². The number of alkyl halides is 3. The molecule has 1 N–H and O–H groups in total. The Labute approximate surface area is 234 Å². The zero-order valence-corrected chi connectivity index (χ0v) is 23.2. The van der Waals surface area contributed by atoms with E-state index >= 15 is 0 Å². The van der Waals surface area contributed by atoms with Crippen LogP contribution in [0.3, 0.4) is 0 Å². The summed E-state index contributed by atoms with van der Waals surface area (Å²) in [7, 11) is 0. The molecule has 0 spiro atoms. The Morgan fingerprint density at radius 2 is 1.38 bits per heavy atom. The van der Waals surface area contributed by atoms with Gasteiger partial charge in [-0.15, -0.1) is 10.2 Å². The van der Waals surface area contributed by atoms with Crippen molar-refractivity contribution in [2.24, 2.45) is 15.6 Å². The molecule has 3 rings (SSSR count). The summed E-state index contributed by atoms with van der Waals surface area (Å²) in [6.07, 6.45) is -3.94. The number of hydrogen-bond donors (Lipinski definition) is 1. The fourth-order valence-electron chi connectivity index (χ4n) is 5.04. The van der Waals surface area contributed by atoms with Gasteiger partial charge in [0.15, 0.2) is 5.69 Å². The average molecular weight is 558 g/mol. The van der Waals surface area contributed by atoms with E-state index in [0.29, 0.717) is 17.7 Å². The number of phenols is 1. The van der Waals surface area contributed by atoms with Crippen molar-refractivity contribution < 1.29 is 23.2 Å². The number of aromatic hydroxyl groups is 1. The van der Waals surface area contributed by atoms with E-state index in [1.807, 2.05) is 50.2 Å². The normalized spacial score (nSPS) is 12.8. The number of nitrogens with zero attached hydrogens (tertiary/aromatic N) is 3. The van der Waals surface area contributed by atoms with Gasteiger partial charge in [0.05, 0.1) is 10.5 Å². The number of halogens is 3. The van der Waals surface area contributed by atoms with E-state index in [1.165, 1.54) is 0 Å². The summed E-state index contributed by atoms with van der Waals surface area (Å²) in [5, 5.41) is 31.0. The molecule has 0 amide bonds. The number of azo groups is 1. The number of benzene rings is 3. The molecule has 0 bridgehead atoms. The van der Waals surface area contributed by atoms with E-state index in [1.54, 1.807) is 6.07 Å². The van der Waals surface area contributed by atoms with Crippen LogP contribution in [0.25, 0.3) is 0 Å². The van der Waals surface area contributed by atoms with Crippen LogP contribution in [-0.2, 0) is 17.0 Å². The van der Waals surface area contributed by atoms with Crippen LogP contribution in [-0.4, -0.2) is 10.0 Å². The Balaban J connectivity index is 0.00000560. The minimum absolute atomic E-state index is 0. The quantitative estimate of drug-likeness (QED) is 0.178. The minimum atomic E-state index is -4.75. The Morgan fingerprint density at radius 3 is 1.90 bits per heavy atom. The third-order valence-corrected chi connectivity index (χ3v) is 6.78. The molecule has 3 aromatic carbocycles. The molecule has 0 aliphatic heterocycles. The summed E-state index contributed by atoms with van der Waals surface area (Å²) in [5.41, 5.74) is -0.864. The zero-order chi connectivity index (χ0) is 29.4. The highest BCUT2D eigenvalue weighted by atomic mass is 19.4. The molecule has 0 saturated carbocycles. The van der Waals surface area contributed by atoms with E-state index in [0.717, 1.165) is 23.6 Å². The third kappa shape index (κ3) is 7.25. The highest BCUT2D eigenvalue weighted by molar-refractivity contribution is 5.63. The highest BCUT2D eigenvalue weighted by Crippen LogP contribution is 2.47. The predicted octanol–water partition coefficient (Wildman–Crippen LogP) is 10.4. The van der Waals surface area contributed by atoms with Crippen molar-refractivity contribution in [2.75, 3.05) is 0 Å². The van der Waals surface area contributed by atoms with Crippen LogP contribution in [0.2, 0.25) is 0 Å². The number of nitro groups is 1. The molecule has 9 heteroatoms. The molecule has 0 unspecified atom stereocenters. The summed E-state index contributed by atoms with van der Waals surface area (Å²) in [4.78, 5) is 10.6. The standard InChI is InChI=1S/C30H34F3N3O3.CH4/c1-27(2,3)18-28(4,5)21-15-22(29(6,7)19-11-9-8-10-12-19)26(37)24(16-21)35-34-23-14-13-20(30(31,32)33)17-25(23)36(38)39;/h8-17,37H,18H2,1-7H3;1H4. The average Bonchev–Trinajstić information content (AvgIpc) is 2.81. The van der Waals surface area contributed by atoms with Crippen LogP contribution in [0.5, 0.6) is 5.75 Å².